The van der Waals surface area contributed by atoms with Crippen LogP contribution in [0.25, 0.3) is 0 Å². The Morgan fingerprint density at radius 2 is 2.00 bits per heavy atom. The van der Waals surface area contributed by atoms with Gasteiger partial charge in [-0.1, -0.05) is 18.9 Å². The highest BCUT2D eigenvalue weighted by Gasteiger charge is 2.10. The summed E-state index contributed by atoms with van der Waals surface area (Å²) in [6, 6.07) is 0. The summed E-state index contributed by atoms with van der Waals surface area (Å²) < 4.78 is 0. The molecule has 0 bridgehead atoms. The lowest BCUT2D eigenvalue weighted by Crippen LogP contribution is -1.94. The third-order valence-electron chi connectivity index (χ3n) is 1.93. The molecule has 0 amide bonds. The van der Waals surface area contributed by atoms with Crippen molar-refractivity contribution in [3.8, 4) is 0 Å². The minimum atomic E-state index is 0.873. The molecule has 1 saturated carbocycles. The van der Waals surface area contributed by atoms with Gasteiger partial charge in [0.2, 0.25) is 0 Å². The van der Waals surface area contributed by atoms with Crippen molar-refractivity contribution in [2.45, 2.75) is 25.7 Å². The first-order valence-electron chi connectivity index (χ1n) is 3.77. The predicted molar refractivity (Wildman–Crippen MR) is 40.2 cm³/mol. The van der Waals surface area contributed by atoms with Gasteiger partial charge in [0.15, 0.2) is 0 Å². The zero-order valence-corrected chi connectivity index (χ0v) is 6.06. The van der Waals surface area contributed by atoms with Crippen LogP contribution in [0, 0.1) is 5.92 Å². The van der Waals surface area contributed by atoms with Crippen molar-refractivity contribution in [1.82, 2.24) is 5.32 Å². The van der Waals surface area contributed by atoms with E-state index >= 15 is 0 Å². The molecule has 0 aromatic rings. The van der Waals surface area contributed by atoms with E-state index < -0.39 is 0 Å². The SMILES string of the molecule is CNC=CC1CCCC1. The van der Waals surface area contributed by atoms with E-state index in [1.54, 1.807) is 0 Å². The van der Waals surface area contributed by atoms with Crippen molar-refractivity contribution in [2.24, 2.45) is 5.92 Å². The average Bonchev–Trinajstić information content (AvgIpc) is 2.34. The number of nitrogens with one attached hydrogen (secondary N) is 1. The quantitative estimate of drug-likeness (QED) is 0.594. The second-order valence-corrected chi connectivity index (χ2v) is 2.69. The molecule has 0 radical (unpaired) electrons. The molecular formula is C8H15N. The van der Waals surface area contributed by atoms with Crippen molar-refractivity contribution >= 4 is 0 Å². The summed E-state index contributed by atoms with van der Waals surface area (Å²) in [4.78, 5) is 0. The smallest absolute Gasteiger partial charge is 0.00276 e. The summed E-state index contributed by atoms with van der Waals surface area (Å²) in [6.07, 6.45) is 10.00. The van der Waals surface area contributed by atoms with Crippen LogP contribution in [-0.2, 0) is 0 Å². The highest BCUT2D eigenvalue weighted by atomic mass is 14.8. The van der Waals surface area contributed by atoms with E-state index in [4.69, 9.17) is 0 Å². The van der Waals surface area contributed by atoms with Gasteiger partial charge >= 0.3 is 0 Å². The normalized spacial score (nSPS) is 21.4. The fraction of sp³-hybridized carbons (Fsp3) is 0.750. The highest BCUT2D eigenvalue weighted by Crippen LogP contribution is 2.25. The monoisotopic (exact) mass is 125 g/mol. The standard InChI is InChI=1S/C8H15N/c1-9-7-6-8-4-2-3-5-8/h6-9H,2-5H2,1H3. The molecule has 0 aliphatic heterocycles. The number of rotatable bonds is 2. The number of allylic oxidation sites excluding steroid dienone is 1. The van der Waals surface area contributed by atoms with Gasteiger partial charge in [-0.15, -0.1) is 0 Å². The van der Waals surface area contributed by atoms with Gasteiger partial charge in [0.05, 0.1) is 0 Å². The first-order valence-corrected chi connectivity index (χ1v) is 3.77. The molecule has 1 aliphatic carbocycles. The van der Waals surface area contributed by atoms with Gasteiger partial charge in [-0.05, 0) is 25.0 Å². The van der Waals surface area contributed by atoms with Gasteiger partial charge in [0.25, 0.3) is 0 Å². The summed E-state index contributed by atoms with van der Waals surface area (Å²) in [5, 5.41) is 3.01. The Hall–Kier alpha value is -0.460. The Balaban J connectivity index is 2.18. The van der Waals surface area contributed by atoms with Crippen molar-refractivity contribution < 1.29 is 0 Å². The molecule has 0 saturated heterocycles. The molecule has 1 rings (SSSR count). The van der Waals surface area contributed by atoms with Crippen LogP contribution in [-0.4, -0.2) is 7.05 Å². The summed E-state index contributed by atoms with van der Waals surface area (Å²) in [6.45, 7) is 0. The van der Waals surface area contributed by atoms with E-state index in [1.807, 2.05) is 7.05 Å². The van der Waals surface area contributed by atoms with Gasteiger partial charge < -0.3 is 5.32 Å². The molecule has 1 heteroatoms. The highest BCUT2D eigenvalue weighted by molar-refractivity contribution is 4.88. The van der Waals surface area contributed by atoms with Crippen LogP contribution in [0.1, 0.15) is 25.7 Å². The van der Waals surface area contributed by atoms with Crippen molar-refractivity contribution in [2.75, 3.05) is 7.05 Å². The van der Waals surface area contributed by atoms with Gasteiger partial charge in [-0.3, -0.25) is 0 Å². The van der Waals surface area contributed by atoms with E-state index in [0.29, 0.717) is 0 Å². The Morgan fingerprint density at radius 3 is 2.56 bits per heavy atom. The summed E-state index contributed by atoms with van der Waals surface area (Å²) in [5.41, 5.74) is 0. The molecule has 1 N–H and O–H groups in total. The minimum absolute atomic E-state index is 0.873. The van der Waals surface area contributed by atoms with Gasteiger partial charge in [-0.25, -0.2) is 0 Å². The fourth-order valence-corrected chi connectivity index (χ4v) is 1.38. The third kappa shape index (κ3) is 2.08. The third-order valence-corrected chi connectivity index (χ3v) is 1.93. The zero-order valence-electron chi connectivity index (χ0n) is 6.06. The number of hydrogen-bond donors (Lipinski definition) is 1. The fourth-order valence-electron chi connectivity index (χ4n) is 1.38. The second-order valence-electron chi connectivity index (χ2n) is 2.69. The van der Waals surface area contributed by atoms with Crippen molar-refractivity contribution in [3.63, 3.8) is 0 Å². The predicted octanol–water partition coefficient (Wildman–Crippen LogP) is 1.91. The first kappa shape index (κ1) is 6.66. The molecule has 1 nitrogen and oxygen atoms in total. The molecule has 0 heterocycles. The lowest BCUT2D eigenvalue weighted by molar-refractivity contribution is 0.681. The van der Waals surface area contributed by atoms with Crippen LogP contribution >= 0.6 is 0 Å². The summed E-state index contributed by atoms with van der Waals surface area (Å²) >= 11 is 0. The maximum Gasteiger partial charge on any atom is 0.00276 e. The second kappa shape index (κ2) is 3.54. The van der Waals surface area contributed by atoms with E-state index in [0.717, 1.165) is 5.92 Å². The molecule has 52 valence electrons. The molecule has 1 aliphatic rings. The maximum atomic E-state index is 3.01. The Labute approximate surface area is 57.1 Å². The molecule has 0 spiro atoms. The molecule has 0 atom stereocenters. The summed E-state index contributed by atoms with van der Waals surface area (Å²) in [5.74, 6) is 0.873. The van der Waals surface area contributed by atoms with Gasteiger partial charge in [0.1, 0.15) is 0 Å². The van der Waals surface area contributed by atoms with Crippen LogP contribution in [0.5, 0.6) is 0 Å². The van der Waals surface area contributed by atoms with Crippen LogP contribution in [0.15, 0.2) is 12.3 Å². The van der Waals surface area contributed by atoms with Gasteiger partial charge in [-0.2, -0.15) is 0 Å². The van der Waals surface area contributed by atoms with Crippen molar-refractivity contribution in [1.29, 1.82) is 0 Å². The largest absolute Gasteiger partial charge is 0.394 e. The van der Waals surface area contributed by atoms with E-state index in [1.165, 1.54) is 25.7 Å². The van der Waals surface area contributed by atoms with Gasteiger partial charge in [0, 0.05) is 7.05 Å². The van der Waals surface area contributed by atoms with Crippen LogP contribution in [0.2, 0.25) is 0 Å². The lowest BCUT2D eigenvalue weighted by atomic mass is 10.1. The Bertz CT molecular complexity index is 90.7. The van der Waals surface area contributed by atoms with Crippen LogP contribution < -0.4 is 5.32 Å². The average molecular weight is 125 g/mol. The van der Waals surface area contributed by atoms with Crippen molar-refractivity contribution in [3.05, 3.63) is 12.3 Å². The minimum Gasteiger partial charge on any atom is -0.394 e. The van der Waals surface area contributed by atoms with E-state index in [9.17, 15) is 0 Å². The molecule has 0 aromatic heterocycles. The van der Waals surface area contributed by atoms with Crippen LogP contribution in [0.3, 0.4) is 0 Å². The topological polar surface area (TPSA) is 12.0 Å². The molecule has 0 unspecified atom stereocenters. The molecule has 1 fully saturated rings. The first-order chi connectivity index (χ1) is 4.43. The molecular weight excluding hydrogens is 110 g/mol. The maximum absolute atomic E-state index is 3.01. The zero-order chi connectivity index (χ0) is 6.53. The molecule has 0 aromatic carbocycles. The van der Waals surface area contributed by atoms with Crippen LogP contribution in [0.4, 0.5) is 0 Å². The van der Waals surface area contributed by atoms with E-state index in [-0.39, 0.29) is 0 Å². The Morgan fingerprint density at radius 1 is 1.33 bits per heavy atom. The lowest BCUT2D eigenvalue weighted by Gasteiger charge is -1.98. The van der Waals surface area contributed by atoms with E-state index in [2.05, 4.69) is 17.6 Å². The number of hydrogen-bond acceptors (Lipinski definition) is 1. The Kier molecular flexibility index (Phi) is 2.62. The summed E-state index contributed by atoms with van der Waals surface area (Å²) in [7, 11) is 1.95. The molecule has 9 heavy (non-hydrogen) atoms.